The van der Waals surface area contributed by atoms with Crippen molar-refractivity contribution in [3.63, 3.8) is 0 Å². The van der Waals surface area contributed by atoms with Crippen LogP contribution >= 0.6 is 18.3 Å². The molecule has 0 radical (unpaired) electrons. The van der Waals surface area contributed by atoms with E-state index in [4.69, 9.17) is 37.0 Å². The zero-order valence-electron chi connectivity index (χ0n) is 7.77. The maximum atomic E-state index is 5.88. The SMILES string of the molecule is COP(=S)(OC)Oc1ccccc1Cl. The van der Waals surface area contributed by atoms with Crippen LogP contribution in [0.4, 0.5) is 0 Å². The Labute approximate surface area is 93.2 Å². The zero-order valence-corrected chi connectivity index (χ0v) is 10.2. The molecule has 1 rings (SSSR count). The second-order valence-corrected chi connectivity index (χ2v) is 5.89. The highest BCUT2D eigenvalue weighted by molar-refractivity contribution is 8.07. The van der Waals surface area contributed by atoms with Gasteiger partial charge in [0.1, 0.15) is 5.75 Å². The molecule has 3 nitrogen and oxygen atoms in total. The molecule has 0 aliphatic carbocycles. The lowest BCUT2D eigenvalue weighted by Gasteiger charge is -2.18. The Morgan fingerprint density at radius 3 is 2.29 bits per heavy atom. The highest BCUT2D eigenvalue weighted by atomic mass is 35.5. The van der Waals surface area contributed by atoms with Crippen LogP contribution in [0.2, 0.25) is 5.02 Å². The average molecular weight is 253 g/mol. The fraction of sp³-hybridized carbons (Fsp3) is 0.250. The van der Waals surface area contributed by atoms with Crippen molar-refractivity contribution in [2.24, 2.45) is 0 Å². The molecule has 0 aromatic heterocycles. The molecule has 1 aromatic carbocycles. The van der Waals surface area contributed by atoms with Gasteiger partial charge in [-0.05, 0) is 12.1 Å². The second kappa shape index (κ2) is 5.10. The van der Waals surface area contributed by atoms with E-state index in [9.17, 15) is 0 Å². The first-order valence-corrected chi connectivity index (χ1v) is 6.70. The van der Waals surface area contributed by atoms with Crippen LogP contribution in [0.15, 0.2) is 24.3 Å². The lowest BCUT2D eigenvalue weighted by molar-refractivity contribution is 0.273. The molecule has 0 spiro atoms. The van der Waals surface area contributed by atoms with Gasteiger partial charge in [0.15, 0.2) is 0 Å². The minimum atomic E-state index is -2.68. The lowest BCUT2D eigenvalue weighted by atomic mass is 10.3. The summed E-state index contributed by atoms with van der Waals surface area (Å²) < 4.78 is 15.3. The fourth-order valence-electron chi connectivity index (χ4n) is 0.788. The Bertz CT molecular complexity index is 350. The summed E-state index contributed by atoms with van der Waals surface area (Å²) in [6.07, 6.45) is 0. The number of halogens is 1. The molecule has 6 heteroatoms. The van der Waals surface area contributed by atoms with Crippen LogP contribution < -0.4 is 4.52 Å². The van der Waals surface area contributed by atoms with Gasteiger partial charge in [0, 0.05) is 26.0 Å². The van der Waals surface area contributed by atoms with Crippen molar-refractivity contribution in [2.45, 2.75) is 0 Å². The van der Waals surface area contributed by atoms with Gasteiger partial charge in [0.25, 0.3) is 0 Å². The average Bonchev–Trinajstić information content (AvgIpc) is 2.21. The van der Waals surface area contributed by atoms with Gasteiger partial charge in [-0.15, -0.1) is 0 Å². The molecule has 0 N–H and O–H groups in total. The summed E-state index contributed by atoms with van der Waals surface area (Å²) in [7, 11) is 2.89. The third-order valence-corrected chi connectivity index (χ3v) is 4.24. The van der Waals surface area contributed by atoms with E-state index in [2.05, 4.69) is 0 Å². The number of hydrogen-bond acceptors (Lipinski definition) is 4. The molecule has 0 fully saturated rings. The molecular formula is C8H10ClO3PS. The van der Waals surface area contributed by atoms with E-state index in [-0.39, 0.29) is 0 Å². The van der Waals surface area contributed by atoms with Crippen molar-refractivity contribution >= 4 is 30.1 Å². The normalized spacial score (nSPS) is 11.4. The highest BCUT2D eigenvalue weighted by Crippen LogP contribution is 2.49. The molecule has 0 saturated carbocycles. The van der Waals surface area contributed by atoms with Crippen molar-refractivity contribution in [2.75, 3.05) is 14.2 Å². The third-order valence-electron chi connectivity index (χ3n) is 1.49. The lowest BCUT2D eigenvalue weighted by Crippen LogP contribution is -1.96. The monoisotopic (exact) mass is 252 g/mol. The summed E-state index contributed by atoms with van der Waals surface area (Å²) in [5.74, 6) is 0.473. The van der Waals surface area contributed by atoms with E-state index in [0.29, 0.717) is 10.8 Å². The number of para-hydroxylation sites is 1. The molecule has 0 bridgehead atoms. The zero-order chi connectivity index (χ0) is 10.6. The van der Waals surface area contributed by atoms with Crippen molar-refractivity contribution in [3.8, 4) is 5.75 Å². The minimum absolute atomic E-state index is 0.473. The van der Waals surface area contributed by atoms with Crippen molar-refractivity contribution < 1.29 is 13.6 Å². The summed E-state index contributed by atoms with van der Waals surface area (Å²) in [6.45, 7) is -2.68. The molecule has 0 aliphatic heterocycles. The van der Waals surface area contributed by atoms with E-state index < -0.39 is 6.72 Å². The van der Waals surface area contributed by atoms with Crippen LogP contribution in [0.1, 0.15) is 0 Å². The van der Waals surface area contributed by atoms with E-state index in [1.165, 1.54) is 14.2 Å². The Morgan fingerprint density at radius 2 is 1.79 bits per heavy atom. The third kappa shape index (κ3) is 2.94. The standard InChI is InChI=1S/C8H10ClO3PS/c1-10-13(14,11-2)12-8-6-4-3-5-7(8)9/h3-6H,1-2H3. The van der Waals surface area contributed by atoms with Crippen LogP contribution in [0, 0.1) is 0 Å². The molecule has 0 atom stereocenters. The van der Waals surface area contributed by atoms with Crippen LogP contribution in [-0.4, -0.2) is 14.2 Å². The van der Waals surface area contributed by atoms with Crippen molar-refractivity contribution in [1.82, 2.24) is 0 Å². The summed E-state index contributed by atoms with van der Waals surface area (Å²) in [6, 6.07) is 7.02. The Kier molecular flexibility index (Phi) is 4.35. The smallest absolute Gasteiger partial charge is 0.380 e. The van der Waals surface area contributed by atoms with E-state index in [0.717, 1.165) is 0 Å². The largest absolute Gasteiger partial charge is 0.423 e. The topological polar surface area (TPSA) is 27.7 Å². The highest BCUT2D eigenvalue weighted by Gasteiger charge is 2.19. The molecule has 0 aliphatic rings. The van der Waals surface area contributed by atoms with Crippen LogP contribution in [-0.2, 0) is 20.9 Å². The van der Waals surface area contributed by atoms with Gasteiger partial charge in [-0.3, -0.25) is 0 Å². The van der Waals surface area contributed by atoms with Gasteiger partial charge in [0.2, 0.25) is 0 Å². The van der Waals surface area contributed by atoms with Gasteiger partial charge >= 0.3 is 6.72 Å². The van der Waals surface area contributed by atoms with Gasteiger partial charge in [-0.25, -0.2) is 0 Å². The first-order valence-electron chi connectivity index (χ1n) is 3.77. The molecule has 1 aromatic rings. The molecule has 0 amide bonds. The predicted octanol–water partition coefficient (Wildman–Crippen LogP) is 3.24. The van der Waals surface area contributed by atoms with Crippen LogP contribution in [0.25, 0.3) is 0 Å². The van der Waals surface area contributed by atoms with Gasteiger partial charge in [0.05, 0.1) is 5.02 Å². The molecule has 0 saturated heterocycles. The molecule has 0 heterocycles. The van der Waals surface area contributed by atoms with Gasteiger partial charge in [-0.1, -0.05) is 23.7 Å². The second-order valence-electron chi connectivity index (χ2n) is 2.33. The maximum absolute atomic E-state index is 5.88. The number of hydrogen-bond donors (Lipinski definition) is 0. The first kappa shape index (κ1) is 12.0. The van der Waals surface area contributed by atoms with E-state index >= 15 is 0 Å². The van der Waals surface area contributed by atoms with Crippen molar-refractivity contribution in [3.05, 3.63) is 29.3 Å². The number of benzene rings is 1. The molecule has 78 valence electrons. The molecule has 0 unspecified atom stereocenters. The first-order chi connectivity index (χ1) is 6.61. The summed E-state index contributed by atoms with van der Waals surface area (Å²) in [4.78, 5) is 0. The quantitative estimate of drug-likeness (QED) is 0.769. The van der Waals surface area contributed by atoms with Crippen molar-refractivity contribution in [1.29, 1.82) is 0 Å². The Balaban J connectivity index is 2.88. The van der Waals surface area contributed by atoms with Gasteiger partial charge in [-0.2, -0.15) is 0 Å². The van der Waals surface area contributed by atoms with E-state index in [1.54, 1.807) is 24.3 Å². The fourth-order valence-corrected chi connectivity index (χ4v) is 1.96. The maximum Gasteiger partial charge on any atom is 0.380 e. The van der Waals surface area contributed by atoms with Gasteiger partial charge < -0.3 is 13.6 Å². The predicted molar refractivity (Wildman–Crippen MR) is 60.4 cm³/mol. The molecule has 14 heavy (non-hydrogen) atoms. The van der Waals surface area contributed by atoms with E-state index in [1.807, 2.05) is 0 Å². The number of rotatable bonds is 4. The van der Waals surface area contributed by atoms with Crippen LogP contribution in [0.5, 0.6) is 5.75 Å². The minimum Gasteiger partial charge on any atom is -0.423 e. The Hall–Kier alpha value is -0.120. The summed E-state index contributed by atoms with van der Waals surface area (Å²) in [5, 5.41) is 0.482. The van der Waals surface area contributed by atoms with Crippen LogP contribution in [0.3, 0.4) is 0 Å². The Morgan fingerprint density at radius 1 is 1.21 bits per heavy atom. The summed E-state index contributed by atoms with van der Waals surface area (Å²) in [5.41, 5.74) is 0. The molecular weight excluding hydrogens is 243 g/mol. The summed E-state index contributed by atoms with van der Waals surface area (Å²) >= 11 is 10.9.